The van der Waals surface area contributed by atoms with Gasteiger partial charge in [0.15, 0.2) is 0 Å². The molecule has 3 nitrogen and oxygen atoms in total. The number of hydrogen-bond donors (Lipinski definition) is 1. The summed E-state index contributed by atoms with van der Waals surface area (Å²) < 4.78 is 5.94. The predicted octanol–water partition coefficient (Wildman–Crippen LogP) is 4.92. The zero-order valence-electron chi connectivity index (χ0n) is 13.8. The molecule has 3 heteroatoms. The Morgan fingerprint density at radius 3 is 2.43 bits per heavy atom. The average molecular weight is 306 g/mol. The molecule has 118 valence electrons. The Bertz CT molecular complexity index is 789. The monoisotopic (exact) mass is 306 g/mol. The van der Waals surface area contributed by atoms with Gasteiger partial charge in [-0.3, -0.25) is 4.98 Å². The van der Waals surface area contributed by atoms with Gasteiger partial charge >= 0.3 is 0 Å². The summed E-state index contributed by atoms with van der Waals surface area (Å²) in [5.74, 6) is 1.67. The van der Waals surface area contributed by atoms with Crippen molar-refractivity contribution < 1.29 is 4.74 Å². The summed E-state index contributed by atoms with van der Waals surface area (Å²) in [6.07, 6.45) is 1.80. The smallest absolute Gasteiger partial charge is 0.128 e. The van der Waals surface area contributed by atoms with E-state index in [1.165, 1.54) is 5.56 Å². The highest BCUT2D eigenvalue weighted by molar-refractivity contribution is 5.79. The van der Waals surface area contributed by atoms with Gasteiger partial charge in [-0.25, -0.2) is 0 Å². The minimum atomic E-state index is 0.119. The summed E-state index contributed by atoms with van der Waals surface area (Å²) in [6, 6.07) is 18.1. The van der Waals surface area contributed by atoms with Gasteiger partial charge in [-0.15, -0.1) is 0 Å². The molecular weight excluding hydrogens is 284 g/mol. The van der Waals surface area contributed by atoms with Crippen LogP contribution in [-0.2, 0) is 6.54 Å². The van der Waals surface area contributed by atoms with Gasteiger partial charge in [-0.1, -0.05) is 18.2 Å². The third kappa shape index (κ3) is 4.30. The molecule has 23 heavy (non-hydrogen) atoms. The number of rotatable bonds is 4. The SMILES string of the molecule is CC(C)(C)NCc1ccc(Oc2ccc3ncccc3c2)cc1. The van der Waals surface area contributed by atoms with E-state index in [0.29, 0.717) is 0 Å². The first kappa shape index (κ1) is 15.5. The lowest BCUT2D eigenvalue weighted by molar-refractivity contribution is 0.424. The molecule has 0 bridgehead atoms. The maximum absolute atomic E-state index is 5.94. The van der Waals surface area contributed by atoms with E-state index < -0.39 is 0 Å². The molecule has 0 fully saturated rings. The first-order valence-corrected chi connectivity index (χ1v) is 7.86. The van der Waals surface area contributed by atoms with Gasteiger partial charge < -0.3 is 10.1 Å². The van der Waals surface area contributed by atoms with Crippen LogP contribution in [0.4, 0.5) is 0 Å². The van der Waals surface area contributed by atoms with Crippen molar-refractivity contribution in [2.75, 3.05) is 0 Å². The van der Waals surface area contributed by atoms with Gasteiger partial charge in [0.1, 0.15) is 11.5 Å². The number of benzene rings is 2. The van der Waals surface area contributed by atoms with Crippen molar-refractivity contribution in [3.8, 4) is 11.5 Å². The first-order valence-electron chi connectivity index (χ1n) is 7.86. The van der Waals surface area contributed by atoms with E-state index >= 15 is 0 Å². The summed E-state index contributed by atoms with van der Waals surface area (Å²) >= 11 is 0. The molecular formula is C20H22N2O. The van der Waals surface area contributed by atoms with E-state index in [-0.39, 0.29) is 5.54 Å². The van der Waals surface area contributed by atoms with Crippen molar-refractivity contribution in [3.05, 3.63) is 66.4 Å². The summed E-state index contributed by atoms with van der Waals surface area (Å²) in [6.45, 7) is 7.35. The topological polar surface area (TPSA) is 34.1 Å². The summed E-state index contributed by atoms with van der Waals surface area (Å²) in [7, 11) is 0. The van der Waals surface area contributed by atoms with Crippen molar-refractivity contribution in [1.82, 2.24) is 10.3 Å². The Kier molecular flexibility index (Phi) is 4.30. The highest BCUT2D eigenvalue weighted by Gasteiger charge is 2.08. The summed E-state index contributed by atoms with van der Waals surface area (Å²) in [5.41, 5.74) is 2.34. The molecule has 0 radical (unpaired) electrons. The lowest BCUT2D eigenvalue weighted by Gasteiger charge is -2.20. The third-order valence-electron chi connectivity index (χ3n) is 3.56. The fraction of sp³-hybridized carbons (Fsp3) is 0.250. The standard InChI is InChI=1S/C20H22N2O/c1-20(2,3)22-14-15-6-8-17(9-7-15)23-18-10-11-19-16(13-18)5-4-12-21-19/h4-13,22H,14H2,1-3H3. The number of fused-ring (bicyclic) bond motifs is 1. The van der Waals surface area contributed by atoms with Gasteiger partial charge in [0.25, 0.3) is 0 Å². The second-order valence-corrected chi connectivity index (χ2v) is 6.71. The molecule has 0 aliphatic heterocycles. The molecule has 3 aromatic rings. The molecule has 0 saturated heterocycles. The zero-order valence-corrected chi connectivity index (χ0v) is 13.8. The lowest BCUT2D eigenvalue weighted by Crippen LogP contribution is -2.34. The number of hydrogen-bond acceptors (Lipinski definition) is 3. The lowest BCUT2D eigenvalue weighted by atomic mass is 10.1. The van der Waals surface area contributed by atoms with Crippen molar-refractivity contribution in [2.24, 2.45) is 0 Å². The van der Waals surface area contributed by atoms with E-state index in [2.05, 4.69) is 43.2 Å². The number of pyridine rings is 1. The molecule has 1 heterocycles. The van der Waals surface area contributed by atoms with E-state index in [1.54, 1.807) is 6.20 Å². The van der Waals surface area contributed by atoms with Crippen LogP contribution in [-0.4, -0.2) is 10.5 Å². The predicted molar refractivity (Wildman–Crippen MR) is 94.9 cm³/mol. The van der Waals surface area contributed by atoms with Crippen LogP contribution < -0.4 is 10.1 Å². The minimum Gasteiger partial charge on any atom is -0.457 e. The molecule has 2 aromatic carbocycles. The molecule has 0 amide bonds. The number of ether oxygens (including phenoxy) is 1. The van der Waals surface area contributed by atoms with E-state index in [9.17, 15) is 0 Å². The highest BCUT2D eigenvalue weighted by atomic mass is 16.5. The Balaban J connectivity index is 1.69. The van der Waals surface area contributed by atoms with Crippen molar-refractivity contribution >= 4 is 10.9 Å². The van der Waals surface area contributed by atoms with Gasteiger partial charge in [0.2, 0.25) is 0 Å². The first-order chi connectivity index (χ1) is 11.0. The largest absolute Gasteiger partial charge is 0.457 e. The van der Waals surface area contributed by atoms with Crippen molar-refractivity contribution in [3.63, 3.8) is 0 Å². The Morgan fingerprint density at radius 1 is 0.957 bits per heavy atom. The fourth-order valence-corrected chi connectivity index (χ4v) is 2.30. The normalized spacial score (nSPS) is 11.6. The van der Waals surface area contributed by atoms with Gasteiger partial charge in [-0.2, -0.15) is 0 Å². The van der Waals surface area contributed by atoms with Crippen LogP contribution in [0, 0.1) is 0 Å². The van der Waals surface area contributed by atoms with Crippen LogP contribution in [0.3, 0.4) is 0 Å². The minimum absolute atomic E-state index is 0.119. The van der Waals surface area contributed by atoms with Gasteiger partial charge in [-0.05, 0) is 62.7 Å². The average Bonchev–Trinajstić information content (AvgIpc) is 2.53. The van der Waals surface area contributed by atoms with Crippen LogP contribution in [0.5, 0.6) is 11.5 Å². The molecule has 1 aromatic heterocycles. The van der Waals surface area contributed by atoms with Gasteiger partial charge in [0.05, 0.1) is 5.52 Å². The second-order valence-electron chi connectivity index (χ2n) is 6.71. The number of aromatic nitrogens is 1. The summed E-state index contributed by atoms with van der Waals surface area (Å²) in [5, 5.41) is 4.56. The molecule has 1 N–H and O–H groups in total. The summed E-state index contributed by atoms with van der Waals surface area (Å²) in [4.78, 5) is 4.32. The van der Waals surface area contributed by atoms with Crippen LogP contribution in [0.2, 0.25) is 0 Å². The fourth-order valence-electron chi connectivity index (χ4n) is 2.30. The van der Waals surface area contributed by atoms with Crippen LogP contribution in [0.25, 0.3) is 10.9 Å². The van der Waals surface area contributed by atoms with Crippen LogP contribution in [0.15, 0.2) is 60.8 Å². The third-order valence-corrected chi connectivity index (χ3v) is 3.56. The Morgan fingerprint density at radius 2 is 1.70 bits per heavy atom. The maximum atomic E-state index is 5.94. The zero-order chi connectivity index (χ0) is 16.3. The van der Waals surface area contributed by atoms with Gasteiger partial charge in [0, 0.05) is 23.7 Å². The maximum Gasteiger partial charge on any atom is 0.128 e. The molecule has 0 saturated carbocycles. The molecule has 3 rings (SSSR count). The quantitative estimate of drug-likeness (QED) is 0.743. The molecule has 0 spiro atoms. The van der Waals surface area contributed by atoms with Crippen LogP contribution >= 0.6 is 0 Å². The van der Waals surface area contributed by atoms with Crippen molar-refractivity contribution in [1.29, 1.82) is 0 Å². The van der Waals surface area contributed by atoms with E-state index in [4.69, 9.17) is 4.74 Å². The van der Waals surface area contributed by atoms with E-state index in [1.807, 2.05) is 42.5 Å². The van der Waals surface area contributed by atoms with Crippen LogP contribution in [0.1, 0.15) is 26.3 Å². The Hall–Kier alpha value is -2.39. The number of nitrogens with one attached hydrogen (secondary N) is 1. The van der Waals surface area contributed by atoms with Crippen molar-refractivity contribution in [2.45, 2.75) is 32.9 Å². The molecule has 0 atom stereocenters. The highest BCUT2D eigenvalue weighted by Crippen LogP contribution is 2.25. The molecule has 0 aliphatic carbocycles. The van der Waals surface area contributed by atoms with E-state index in [0.717, 1.165) is 28.9 Å². The number of nitrogens with zero attached hydrogens (tertiary/aromatic N) is 1. The molecule has 0 unspecified atom stereocenters. The Labute approximate surface area is 137 Å². The second kappa shape index (κ2) is 6.39. The molecule has 0 aliphatic rings.